The summed E-state index contributed by atoms with van der Waals surface area (Å²) in [6.45, 7) is 0. The van der Waals surface area contributed by atoms with Gasteiger partial charge in [-0.15, -0.1) is 11.3 Å². The van der Waals surface area contributed by atoms with Gasteiger partial charge in [0.05, 0.1) is 6.04 Å². The number of hydrogen-bond acceptors (Lipinski definition) is 4. The van der Waals surface area contributed by atoms with Crippen LogP contribution in [0.4, 0.5) is 0 Å². The summed E-state index contributed by atoms with van der Waals surface area (Å²) in [5.74, 6) is 5.59. The number of hydrogen-bond donors (Lipinski definition) is 2. The summed E-state index contributed by atoms with van der Waals surface area (Å²) < 4.78 is 1.13. The minimum atomic E-state index is 0.185. The van der Waals surface area contributed by atoms with E-state index < -0.39 is 0 Å². The number of nitrogens with two attached hydrogens (primary N) is 1. The van der Waals surface area contributed by atoms with Gasteiger partial charge < -0.3 is 0 Å². The zero-order valence-corrected chi connectivity index (χ0v) is 11.2. The van der Waals surface area contributed by atoms with Crippen molar-refractivity contribution in [3.63, 3.8) is 0 Å². The lowest BCUT2D eigenvalue weighted by Gasteiger charge is -2.14. The summed E-state index contributed by atoms with van der Waals surface area (Å²) >= 11 is 6.98. The molecule has 0 radical (unpaired) electrons. The van der Waals surface area contributed by atoms with Crippen molar-refractivity contribution >= 4 is 38.6 Å². The summed E-state index contributed by atoms with van der Waals surface area (Å²) in [5.41, 5.74) is 4.10. The molecule has 2 nitrogen and oxygen atoms in total. The van der Waals surface area contributed by atoms with Crippen molar-refractivity contribution in [3.05, 3.63) is 43.2 Å². The third-order valence-corrected chi connectivity index (χ3v) is 4.85. The van der Waals surface area contributed by atoms with Crippen molar-refractivity contribution in [2.45, 2.75) is 12.5 Å². The van der Waals surface area contributed by atoms with E-state index in [1.54, 1.807) is 22.7 Å². The molecule has 0 saturated heterocycles. The van der Waals surface area contributed by atoms with E-state index in [9.17, 15) is 0 Å². The summed E-state index contributed by atoms with van der Waals surface area (Å²) in [6, 6.07) is 4.38. The van der Waals surface area contributed by atoms with Gasteiger partial charge in [0.25, 0.3) is 0 Å². The van der Waals surface area contributed by atoms with Crippen molar-refractivity contribution in [1.29, 1.82) is 0 Å². The number of hydrazine groups is 1. The molecule has 0 fully saturated rings. The monoisotopic (exact) mass is 302 g/mol. The predicted molar refractivity (Wildman–Crippen MR) is 70.1 cm³/mol. The first-order chi connectivity index (χ1) is 7.31. The molecule has 2 aromatic heterocycles. The minimum Gasteiger partial charge on any atom is -0.271 e. The van der Waals surface area contributed by atoms with E-state index in [0.717, 1.165) is 10.9 Å². The van der Waals surface area contributed by atoms with Gasteiger partial charge in [-0.05, 0) is 38.3 Å². The van der Waals surface area contributed by atoms with Crippen LogP contribution in [-0.4, -0.2) is 0 Å². The van der Waals surface area contributed by atoms with Gasteiger partial charge in [-0.1, -0.05) is 6.07 Å². The Labute approximate surface area is 105 Å². The van der Waals surface area contributed by atoms with Gasteiger partial charge in [0, 0.05) is 21.2 Å². The largest absolute Gasteiger partial charge is 0.271 e. The SMILES string of the molecule is NNC(Cc1cccs1)c1cscc1Br. The Morgan fingerprint density at radius 2 is 2.33 bits per heavy atom. The molecule has 80 valence electrons. The molecular formula is C10H11BrN2S2. The minimum absolute atomic E-state index is 0.185. The van der Waals surface area contributed by atoms with E-state index in [2.05, 4.69) is 49.6 Å². The number of rotatable bonds is 4. The molecule has 15 heavy (non-hydrogen) atoms. The molecule has 1 unspecified atom stereocenters. The molecular weight excluding hydrogens is 292 g/mol. The van der Waals surface area contributed by atoms with Crippen LogP contribution >= 0.6 is 38.6 Å². The van der Waals surface area contributed by atoms with E-state index >= 15 is 0 Å². The molecule has 5 heteroatoms. The molecule has 0 amide bonds. The zero-order valence-electron chi connectivity index (χ0n) is 7.94. The smallest absolute Gasteiger partial charge is 0.0527 e. The van der Waals surface area contributed by atoms with E-state index in [4.69, 9.17) is 5.84 Å². The molecule has 0 bridgehead atoms. The van der Waals surface area contributed by atoms with E-state index in [1.807, 2.05) is 0 Å². The van der Waals surface area contributed by atoms with E-state index in [-0.39, 0.29) is 6.04 Å². The highest BCUT2D eigenvalue weighted by molar-refractivity contribution is 9.10. The third-order valence-electron chi connectivity index (χ3n) is 2.20. The fourth-order valence-electron chi connectivity index (χ4n) is 1.43. The topological polar surface area (TPSA) is 38.0 Å². The highest BCUT2D eigenvalue weighted by Crippen LogP contribution is 2.29. The number of thiophene rings is 2. The van der Waals surface area contributed by atoms with Crippen molar-refractivity contribution in [2.24, 2.45) is 5.84 Å². The molecule has 2 rings (SSSR count). The van der Waals surface area contributed by atoms with Crippen molar-refractivity contribution in [3.8, 4) is 0 Å². The predicted octanol–water partition coefficient (Wildman–Crippen LogP) is 3.32. The van der Waals surface area contributed by atoms with Gasteiger partial charge in [0.1, 0.15) is 0 Å². The van der Waals surface area contributed by atoms with Crippen LogP contribution < -0.4 is 11.3 Å². The zero-order chi connectivity index (χ0) is 10.7. The molecule has 0 saturated carbocycles. The van der Waals surface area contributed by atoms with Gasteiger partial charge in [-0.2, -0.15) is 11.3 Å². The Balaban J connectivity index is 2.15. The van der Waals surface area contributed by atoms with Gasteiger partial charge >= 0.3 is 0 Å². The fourth-order valence-corrected chi connectivity index (χ4v) is 3.81. The maximum Gasteiger partial charge on any atom is 0.0527 e. The van der Waals surface area contributed by atoms with Gasteiger partial charge in [-0.3, -0.25) is 11.3 Å². The number of halogens is 1. The number of nitrogens with one attached hydrogen (secondary N) is 1. The van der Waals surface area contributed by atoms with Crippen LogP contribution in [0.2, 0.25) is 0 Å². The van der Waals surface area contributed by atoms with Gasteiger partial charge in [-0.25, -0.2) is 0 Å². The summed E-state index contributed by atoms with van der Waals surface area (Å²) in [5, 5.41) is 6.29. The van der Waals surface area contributed by atoms with Crippen LogP contribution in [0.1, 0.15) is 16.5 Å². The maximum absolute atomic E-state index is 5.59. The molecule has 3 N–H and O–H groups in total. The van der Waals surface area contributed by atoms with Crippen LogP contribution in [0.15, 0.2) is 32.7 Å². The highest BCUT2D eigenvalue weighted by atomic mass is 79.9. The van der Waals surface area contributed by atoms with Gasteiger partial charge in [0.2, 0.25) is 0 Å². The van der Waals surface area contributed by atoms with Gasteiger partial charge in [0.15, 0.2) is 0 Å². The quantitative estimate of drug-likeness (QED) is 0.672. The van der Waals surface area contributed by atoms with Crippen LogP contribution in [-0.2, 0) is 6.42 Å². The van der Waals surface area contributed by atoms with E-state index in [1.165, 1.54) is 10.4 Å². The Morgan fingerprint density at radius 3 is 2.87 bits per heavy atom. The summed E-state index contributed by atoms with van der Waals surface area (Å²) in [6.07, 6.45) is 0.934. The lowest BCUT2D eigenvalue weighted by Crippen LogP contribution is -2.29. The van der Waals surface area contributed by atoms with Crippen molar-refractivity contribution in [2.75, 3.05) is 0 Å². The highest BCUT2D eigenvalue weighted by Gasteiger charge is 2.14. The van der Waals surface area contributed by atoms with Crippen LogP contribution in [0.3, 0.4) is 0 Å². The molecule has 1 atom stereocenters. The molecule has 0 spiro atoms. The molecule has 0 aliphatic heterocycles. The molecule has 0 aromatic carbocycles. The first kappa shape index (κ1) is 11.3. The first-order valence-electron chi connectivity index (χ1n) is 4.51. The fraction of sp³-hybridized carbons (Fsp3) is 0.200. The second-order valence-electron chi connectivity index (χ2n) is 3.18. The maximum atomic E-state index is 5.59. The van der Waals surface area contributed by atoms with Crippen molar-refractivity contribution < 1.29 is 0 Å². The normalized spacial score (nSPS) is 12.9. The third kappa shape index (κ3) is 2.68. The second kappa shape index (κ2) is 5.23. The van der Waals surface area contributed by atoms with Crippen LogP contribution in [0.5, 0.6) is 0 Å². The average molecular weight is 303 g/mol. The first-order valence-corrected chi connectivity index (χ1v) is 7.13. The summed E-state index contributed by atoms with van der Waals surface area (Å²) in [4.78, 5) is 1.34. The molecule has 2 aromatic rings. The standard InChI is InChI=1S/C10H11BrN2S2/c11-9-6-14-5-8(9)10(13-12)4-7-2-1-3-15-7/h1-3,5-6,10,13H,4,12H2. The lowest BCUT2D eigenvalue weighted by atomic mass is 10.1. The Kier molecular flexibility index (Phi) is 3.93. The lowest BCUT2D eigenvalue weighted by molar-refractivity contribution is 0.555. The van der Waals surface area contributed by atoms with Crippen LogP contribution in [0, 0.1) is 0 Å². The Bertz CT molecular complexity index is 411. The Hall–Kier alpha value is -0.200. The molecule has 0 aliphatic rings. The van der Waals surface area contributed by atoms with Crippen molar-refractivity contribution in [1.82, 2.24) is 5.43 Å². The van der Waals surface area contributed by atoms with E-state index in [0.29, 0.717) is 0 Å². The van der Waals surface area contributed by atoms with Crippen LogP contribution in [0.25, 0.3) is 0 Å². The summed E-state index contributed by atoms with van der Waals surface area (Å²) in [7, 11) is 0. The second-order valence-corrected chi connectivity index (χ2v) is 5.81. The average Bonchev–Trinajstić information content (AvgIpc) is 2.85. The Morgan fingerprint density at radius 1 is 1.47 bits per heavy atom. The molecule has 0 aliphatic carbocycles. The molecule has 2 heterocycles.